The molecule has 102 valence electrons. The molecule has 0 aromatic carbocycles. The minimum Gasteiger partial charge on any atom is -0.478 e. The lowest BCUT2D eigenvalue weighted by Crippen LogP contribution is -2.55. The number of carbonyl (C=O) groups is 1. The lowest BCUT2D eigenvalue weighted by molar-refractivity contribution is 0.0696. The van der Waals surface area contributed by atoms with Crippen LogP contribution in [0.25, 0.3) is 0 Å². The first kappa shape index (κ1) is 12.3. The van der Waals surface area contributed by atoms with Gasteiger partial charge in [-0.3, -0.25) is 4.90 Å². The Kier molecular flexibility index (Phi) is 3.10. The van der Waals surface area contributed by atoms with E-state index in [9.17, 15) is 4.79 Å². The van der Waals surface area contributed by atoms with Crippen molar-refractivity contribution in [2.45, 2.75) is 31.8 Å². The third-order valence-corrected chi connectivity index (χ3v) is 4.08. The van der Waals surface area contributed by atoms with Crippen LogP contribution in [0.3, 0.4) is 0 Å². The van der Waals surface area contributed by atoms with Crippen LogP contribution in [0.4, 0.5) is 5.95 Å². The normalized spacial score (nSPS) is 27.3. The molecular formula is C13H18N4O2. The summed E-state index contributed by atoms with van der Waals surface area (Å²) in [7, 11) is 0. The van der Waals surface area contributed by atoms with E-state index >= 15 is 0 Å². The second kappa shape index (κ2) is 4.77. The summed E-state index contributed by atoms with van der Waals surface area (Å²) in [5.74, 6) is -0.343. The van der Waals surface area contributed by atoms with E-state index in [-0.39, 0.29) is 5.56 Å². The molecule has 3 rings (SSSR count). The molecule has 0 bridgehead atoms. The molecule has 2 unspecified atom stereocenters. The molecule has 1 aromatic rings. The van der Waals surface area contributed by atoms with Crippen molar-refractivity contribution < 1.29 is 9.90 Å². The van der Waals surface area contributed by atoms with Gasteiger partial charge in [0.2, 0.25) is 5.95 Å². The fourth-order valence-electron chi connectivity index (χ4n) is 3.05. The van der Waals surface area contributed by atoms with E-state index in [1.165, 1.54) is 31.8 Å². The van der Waals surface area contributed by atoms with E-state index in [0.29, 0.717) is 18.0 Å². The Morgan fingerprint density at radius 1 is 1.37 bits per heavy atom. The highest BCUT2D eigenvalue weighted by Gasteiger charge is 2.35. The fourth-order valence-corrected chi connectivity index (χ4v) is 3.05. The molecule has 0 radical (unpaired) electrons. The average molecular weight is 262 g/mol. The standard InChI is InChI=1S/C13H18N4O2/c1-9-7-16-4-2-3-11(16)8-17(9)13-14-5-10(6-15-13)12(18)19/h5-6,9,11H,2-4,7-8H2,1H3,(H,18,19). The number of hydrogen-bond donors (Lipinski definition) is 1. The van der Waals surface area contributed by atoms with Gasteiger partial charge in [-0.05, 0) is 26.3 Å². The first-order chi connectivity index (χ1) is 9.15. The predicted molar refractivity (Wildman–Crippen MR) is 70.4 cm³/mol. The van der Waals surface area contributed by atoms with Crippen molar-refractivity contribution in [2.75, 3.05) is 24.5 Å². The Morgan fingerprint density at radius 3 is 2.79 bits per heavy atom. The van der Waals surface area contributed by atoms with Crippen molar-refractivity contribution in [3.8, 4) is 0 Å². The van der Waals surface area contributed by atoms with Gasteiger partial charge >= 0.3 is 5.97 Å². The molecule has 2 atom stereocenters. The number of anilines is 1. The van der Waals surface area contributed by atoms with Gasteiger partial charge < -0.3 is 10.0 Å². The third kappa shape index (κ3) is 2.28. The van der Waals surface area contributed by atoms with Gasteiger partial charge in [0.25, 0.3) is 0 Å². The second-order valence-corrected chi connectivity index (χ2v) is 5.37. The van der Waals surface area contributed by atoms with Gasteiger partial charge in [-0.15, -0.1) is 0 Å². The number of carboxylic acid groups (broad SMARTS) is 1. The molecule has 2 aliphatic rings. The number of carboxylic acids is 1. The molecule has 0 spiro atoms. The highest BCUT2D eigenvalue weighted by molar-refractivity contribution is 5.86. The summed E-state index contributed by atoms with van der Waals surface area (Å²) in [6.45, 7) is 5.34. The zero-order chi connectivity index (χ0) is 13.4. The SMILES string of the molecule is CC1CN2CCCC2CN1c1ncc(C(=O)O)cn1. The monoisotopic (exact) mass is 262 g/mol. The Labute approximate surface area is 112 Å². The summed E-state index contributed by atoms with van der Waals surface area (Å²) < 4.78 is 0. The average Bonchev–Trinajstić information content (AvgIpc) is 2.85. The maximum absolute atomic E-state index is 10.8. The molecule has 6 heteroatoms. The topological polar surface area (TPSA) is 69.6 Å². The minimum atomic E-state index is -0.986. The van der Waals surface area contributed by atoms with Crippen LogP contribution in [-0.2, 0) is 0 Å². The molecule has 2 saturated heterocycles. The zero-order valence-corrected chi connectivity index (χ0v) is 11.0. The number of fused-ring (bicyclic) bond motifs is 1. The maximum Gasteiger partial charge on any atom is 0.338 e. The van der Waals surface area contributed by atoms with Gasteiger partial charge in [0.15, 0.2) is 0 Å². The smallest absolute Gasteiger partial charge is 0.338 e. The van der Waals surface area contributed by atoms with Gasteiger partial charge in [0.1, 0.15) is 0 Å². The Bertz CT molecular complexity index is 476. The lowest BCUT2D eigenvalue weighted by Gasteiger charge is -2.42. The predicted octanol–water partition coefficient (Wildman–Crippen LogP) is 0.848. The molecule has 6 nitrogen and oxygen atoms in total. The highest BCUT2D eigenvalue weighted by Crippen LogP contribution is 2.26. The van der Waals surface area contributed by atoms with Crippen LogP contribution in [0.1, 0.15) is 30.1 Å². The van der Waals surface area contributed by atoms with Gasteiger partial charge in [-0.25, -0.2) is 14.8 Å². The maximum atomic E-state index is 10.8. The Balaban J connectivity index is 1.79. The van der Waals surface area contributed by atoms with E-state index in [2.05, 4.69) is 26.7 Å². The van der Waals surface area contributed by atoms with Crippen molar-refractivity contribution in [1.29, 1.82) is 0 Å². The van der Waals surface area contributed by atoms with Crippen LogP contribution in [0, 0.1) is 0 Å². The van der Waals surface area contributed by atoms with E-state index in [4.69, 9.17) is 5.11 Å². The number of aromatic carboxylic acids is 1. The van der Waals surface area contributed by atoms with Crippen molar-refractivity contribution in [2.24, 2.45) is 0 Å². The molecule has 0 amide bonds. The summed E-state index contributed by atoms with van der Waals surface area (Å²) in [4.78, 5) is 23.9. The van der Waals surface area contributed by atoms with Gasteiger partial charge in [-0.2, -0.15) is 0 Å². The summed E-state index contributed by atoms with van der Waals surface area (Å²) >= 11 is 0. The lowest BCUT2D eigenvalue weighted by atomic mass is 10.1. The van der Waals surface area contributed by atoms with E-state index in [1.54, 1.807) is 0 Å². The molecule has 1 aromatic heterocycles. The molecule has 19 heavy (non-hydrogen) atoms. The molecule has 0 aliphatic carbocycles. The minimum absolute atomic E-state index is 0.135. The van der Waals surface area contributed by atoms with Crippen LogP contribution in [0.15, 0.2) is 12.4 Å². The van der Waals surface area contributed by atoms with Crippen LogP contribution in [0.2, 0.25) is 0 Å². The number of hydrogen-bond acceptors (Lipinski definition) is 5. The van der Waals surface area contributed by atoms with Gasteiger partial charge in [0.05, 0.1) is 5.56 Å². The van der Waals surface area contributed by atoms with Crippen molar-refractivity contribution >= 4 is 11.9 Å². The second-order valence-electron chi connectivity index (χ2n) is 5.37. The summed E-state index contributed by atoms with van der Waals surface area (Å²) in [5, 5.41) is 8.86. The molecule has 0 saturated carbocycles. The molecule has 1 N–H and O–H groups in total. The van der Waals surface area contributed by atoms with Crippen LogP contribution in [-0.4, -0.2) is 57.7 Å². The number of piperazine rings is 1. The van der Waals surface area contributed by atoms with Gasteiger partial charge in [0, 0.05) is 37.6 Å². The first-order valence-corrected chi connectivity index (χ1v) is 6.71. The molecule has 2 aliphatic heterocycles. The van der Waals surface area contributed by atoms with E-state index in [1.807, 2.05) is 0 Å². The highest BCUT2D eigenvalue weighted by atomic mass is 16.4. The molecule has 3 heterocycles. The first-order valence-electron chi connectivity index (χ1n) is 6.71. The number of rotatable bonds is 2. The summed E-state index contributed by atoms with van der Waals surface area (Å²) in [5.41, 5.74) is 0.135. The van der Waals surface area contributed by atoms with Crippen molar-refractivity contribution in [1.82, 2.24) is 14.9 Å². The fraction of sp³-hybridized carbons (Fsp3) is 0.615. The van der Waals surface area contributed by atoms with E-state index in [0.717, 1.165) is 13.1 Å². The largest absolute Gasteiger partial charge is 0.478 e. The van der Waals surface area contributed by atoms with E-state index < -0.39 is 5.97 Å². The molecular weight excluding hydrogens is 244 g/mol. The number of nitrogens with zero attached hydrogens (tertiary/aromatic N) is 4. The summed E-state index contributed by atoms with van der Waals surface area (Å²) in [6.07, 6.45) is 5.28. The van der Waals surface area contributed by atoms with Gasteiger partial charge in [-0.1, -0.05) is 0 Å². The summed E-state index contributed by atoms with van der Waals surface area (Å²) in [6, 6.07) is 0.962. The van der Waals surface area contributed by atoms with Crippen LogP contribution in [0.5, 0.6) is 0 Å². The van der Waals surface area contributed by atoms with Crippen molar-refractivity contribution in [3.63, 3.8) is 0 Å². The third-order valence-electron chi connectivity index (χ3n) is 4.08. The van der Waals surface area contributed by atoms with Crippen LogP contribution < -0.4 is 4.90 Å². The zero-order valence-electron chi connectivity index (χ0n) is 11.0. The Morgan fingerprint density at radius 2 is 2.11 bits per heavy atom. The Hall–Kier alpha value is -1.69. The number of aromatic nitrogens is 2. The quantitative estimate of drug-likeness (QED) is 0.852. The van der Waals surface area contributed by atoms with Crippen molar-refractivity contribution in [3.05, 3.63) is 18.0 Å². The molecule has 2 fully saturated rings. The van der Waals surface area contributed by atoms with Crippen LogP contribution >= 0.6 is 0 Å².